The number of benzene rings is 1. The molecule has 5 heteroatoms. The summed E-state index contributed by atoms with van der Waals surface area (Å²) in [6.07, 6.45) is -0.343. The maximum Gasteiger partial charge on any atom is 0.304 e. The molecule has 1 unspecified atom stereocenters. The fraction of sp³-hybridized carbons (Fsp3) is 0.364. The Morgan fingerprint density at radius 2 is 2.12 bits per heavy atom. The van der Waals surface area contributed by atoms with Gasteiger partial charge in [-0.3, -0.25) is 4.79 Å². The zero-order valence-corrected chi connectivity index (χ0v) is 8.84. The molecule has 0 bridgehead atoms. The quantitative estimate of drug-likeness (QED) is 0.825. The van der Waals surface area contributed by atoms with Gasteiger partial charge in [0, 0.05) is 12.0 Å². The van der Waals surface area contributed by atoms with E-state index >= 15 is 0 Å². The Hall–Kier alpha value is -1.49. The molecule has 0 heterocycles. The average molecular weight is 229 g/mol. The second-order valence-corrected chi connectivity index (χ2v) is 3.94. The van der Waals surface area contributed by atoms with Crippen LogP contribution in [0.15, 0.2) is 18.2 Å². The molecular formula is C11H13F2NO2. The number of nitrogens with two attached hydrogens (primary N) is 1. The number of carboxylic acids is 1. The summed E-state index contributed by atoms with van der Waals surface area (Å²) in [7, 11) is 0. The number of hydrogen-bond acceptors (Lipinski definition) is 2. The van der Waals surface area contributed by atoms with Crippen LogP contribution in [0.3, 0.4) is 0 Å². The second-order valence-electron chi connectivity index (χ2n) is 3.94. The first-order valence-corrected chi connectivity index (χ1v) is 4.77. The summed E-state index contributed by atoms with van der Waals surface area (Å²) in [6, 6.07) is 3.67. The molecule has 1 aromatic carbocycles. The third kappa shape index (κ3) is 2.36. The molecule has 3 nitrogen and oxygen atoms in total. The van der Waals surface area contributed by atoms with Crippen molar-refractivity contribution in [2.45, 2.75) is 18.8 Å². The van der Waals surface area contributed by atoms with Crippen LogP contribution in [0.1, 0.15) is 18.9 Å². The van der Waals surface area contributed by atoms with Crippen LogP contribution < -0.4 is 5.73 Å². The van der Waals surface area contributed by atoms with E-state index in [-0.39, 0.29) is 18.5 Å². The van der Waals surface area contributed by atoms with Gasteiger partial charge in [0.1, 0.15) is 0 Å². The third-order valence-electron chi connectivity index (χ3n) is 2.59. The Kier molecular flexibility index (Phi) is 3.59. The van der Waals surface area contributed by atoms with Gasteiger partial charge in [-0.15, -0.1) is 0 Å². The number of rotatable bonds is 4. The summed E-state index contributed by atoms with van der Waals surface area (Å²) in [5.41, 5.74) is 4.35. The summed E-state index contributed by atoms with van der Waals surface area (Å²) in [4.78, 5) is 10.7. The molecule has 0 saturated heterocycles. The molecule has 0 saturated carbocycles. The zero-order chi connectivity index (χ0) is 12.3. The van der Waals surface area contributed by atoms with Crippen molar-refractivity contribution in [1.82, 2.24) is 0 Å². The van der Waals surface area contributed by atoms with Gasteiger partial charge in [0.25, 0.3) is 0 Å². The summed E-state index contributed by atoms with van der Waals surface area (Å²) >= 11 is 0. The molecule has 1 atom stereocenters. The monoisotopic (exact) mass is 229 g/mol. The standard InChI is InChI=1S/C11H13F2NO2/c1-11(6-14,5-9(15)16)7-3-2-4-8(12)10(7)13/h2-4H,5-6,14H2,1H3,(H,15,16). The van der Waals surface area contributed by atoms with Gasteiger partial charge in [-0.1, -0.05) is 19.1 Å². The van der Waals surface area contributed by atoms with E-state index in [0.29, 0.717) is 0 Å². The molecule has 0 radical (unpaired) electrons. The van der Waals surface area contributed by atoms with E-state index in [1.54, 1.807) is 0 Å². The Morgan fingerprint density at radius 3 is 2.62 bits per heavy atom. The van der Waals surface area contributed by atoms with E-state index in [4.69, 9.17) is 10.8 Å². The van der Waals surface area contributed by atoms with Gasteiger partial charge in [-0.05, 0) is 11.6 Å². The van der Waals surface area contributed by atoms with Crippen molar-refractivity contribution in [3.63, 3.8) is 0 Å². The number of carbonyl (C=O) groups is 1. The summed E-state index contributed by atoms with van der Waals surface area (Å²) in [5.74, 6) is -3.13. The fourth-order valence-corrected chi connectivity index (χ4v) is 1.58. The van der Waals surface area contributed by atoms with E-state index < -0.39 is 23.0 Å². The maximum absolute atomic E-state index is 13.5. The first-order chi connectivity index (χ1) is 7.40. The molecule has 0 aliphatic rings. The molecule has 16 heavy (non-hydrogen) atoms. The molecule has 0 aliphatic heterocycles. The highest BCUT2D eigenvalue weighted by molar-refractivity contribution is 5.69. The van der Waals surface area contributed by atoms with E-state index in [1.807, 2.05) is 0 Å². The van der Waals surface area contributed by atoms with Crippen LogP contribution in [0.25, 0.3) is 0 Å². The topological polar surface area (TPSA) is 63.3 Å². The first kappa shape index (κ1) is 12.6. The summed E-state index contributed by atoms with van der Waals surface area (Å²) in [5, 5.41) is 8.73. The Balaban J connectivity index is 3.22. The smallest absolute Gasteiger partial charge is 0.304 e. The van der Waals surface area contributed by atoms with Crippen molar-refractivity contribution < 1.29 is 18.7 Å². The Labute approximate surface area is 91.9 Å². The van der Waals surface area contributed by atoms with E-state index in [9.17, 15) is 13.6 Å². The Morgan fingerprint density at radius 1 is 1.50 bits per heavy atom. The molecule has 0 fully saturated rings. The number of aliphatic carboxylic acids is 1. The van der Waals surface area contributed by atoms with Crippen LogP contribution in [-0.2, 0) is 10.2 Å². The second kappa shape index (κ2) is 4.57. The van der Waals surface area contributed by atoms with Crippen molar-refractivity contribution in [3.05, 3.63) is 35.4 Å². The van der Waals surface area contributed by atoms with Crippen molar-refractivity contribution in [1.29, 1.82) is 0 Å². The lowest BCUT2D eigenvalue weighted by molar-refractivity contribution is -0.138. The highest BCUT2D eigenvalue weighted by atomic mass is 19.2. The normalized spacial score (nSPS) is 14.5. The first-order valence-electron chi connectivity index (χ1n) is 4.77. The molecule has 0 spiro atoms. The Bertz CT molecular complexity index is 409. The summed E-state index contributed by atoms with van der Waals surface area (Å²) < 4.78 is 26.5. The van der Waals surface area contributed by atoms with Crippen LogP contribution >= 0.6 is 0 Å². The predicted octanol–water partition coefficient (Wildman–Crippen LogP) is 1.66. The number of carboxylic acid groups (broad SMARTS) is 1. The minimum atomic E-state index is -1.10. The van der Waals surface area contributed by atoms with Crippen LogP contribution in [0.4, 0.5) is 8.78 Å². The van der Waals surface area contributed by atoms with Gasteiger partial charge in [0.2, 0.25) is 0 Å². The van der Waals surface area contributed by atoms with Gasteiger partial charge < -0.3 is 10.8 Å². The molecule has 3 N–H and O–H groups in total. The minimum Gasteiger partial charge on any atom is -0.481 e. The number of hydrogen-bond donors (Lipinski definition) is 2. The van der Waals surface area contributed by atoms with Gasteiger partial charge in [-0.2, -0.15) is 0 Å². The van der Waals surface area contributed by atoms with Gasteiger partial charge in [0.05, 0.1) is 6.42 Å². The predicted molar refractivity (Wildman–Crippen MR) is 55.0 cm³/mol. The summed E-state index contributed by atoms with van der Waals surface area (Å²) in [6.45, 7) is 1.43. The van der Waals surface area contributed by atoms with Crippen molar-refractivity contribution >= 4 is 5.97 Å². The molecule has 88 valence electrons. The van der Waals surface area contributed by atoms with Crippen molar-refractivity contribution in [2.24, 2.45) is 5.73 Å². The minimum absolute atomic E-state index is 0.00241. The van der Waals surface area contributed by atoms with E-state index in [0.717, 1.165) is 6.07 Å². The third-order valence-corrected chi connectivity index (χ3v) is 2.59. The van der Waals surface area contributed by atoms with Crippen LogP contribution in [-0.4, -0.2) is 17.6 Å². The largest absolute Gasteiger partial charge is 0.481 e. The number of halogens is 2. The molecule has 1 rings (SSSR count). The van der Waals surface area contributed by atoms with E-state index in [1.165, 1.54) is 19.1 Å². The lowest BCUT2D eigenvalue weighted by Gasteiger charge is -2.27. The SMILES string of the molecule is CC(CN)(CC(=O)O)c1cccc(F)c1F. The highest BCUT2D eigenvalue weighted by Crippen LogP contribution is 2.29. The van der Waals surface area contributed by atoms with Crippen LogP contribution in [0.2, 0.25) is 0 Å². The van der Waals surface area contributed by atoms with E-state index in [2.05, 4.69) is 0 Å². The van der Waals surface area contributed by atoms with Crippen molar-refractivity contribution in [3.8, 4) is 0 Å². The van der Waals surface area contributed by atoms with Crippen LogP contribution in [0.5, 0.6) is 0 Å². The molecular weight excluding hydrogens is 216 g/mol. The van der Waals surface area contributed by atoms with Gasteiger partial charge >= 0.3 is 5.97 Å². The zero-order valence-electron chi connectivity index (χ0n) is 8.84. The maximum atomic E-state index is 13.5. The van der Waals surface area contributed by atoms with Crippen molar-refractivity contribution in [2.75, 3.05) is 6.54 Å². The lowest BCUT2D eigenvalue weighted by Crippen LogP contribution is -2.35. The molecule has 0 amide bonds. The highest BCUT2D eigenvalue weighted by Gasteiger charge is 2.31. The fourth-order valence-electron chi connectivity index (χ4n) is 1.58. The lowest BCUT2D eigenvalue weighted by atomic mass is 9.79. The average Bonchev–Trinajstić information content (AvgIpc) is 2.21. The van der Waals surface area contributed by atoms with Gasteiger partial charge in [-0.25, -0.2) is 8.78 Å². The van der Waals surface area contributed by atoms with Gasteiger partial charge in [0.15, 0.2) is 11.6 Å². The molecule has 0 aliphatic carbocycles. The molecule has 0 aromatic heterocycles. The van der Waals surface area contributed by atoms with Crippen LogP contribution in [0, 0.1) is 11.6 Å². The molecule has 1 aromatic rings.